The minimum Gasteiger partial charge on any atom is -0.487 e. The van der Waals surface area contributed by atoms with E-state index in [0.29, 0.717) is 6.92 Å². The lowest BCUT2D eigenvalue weighted by molar-refractivity contribution is -0.138. The van der Waals surface area contributed by atoms with Crippen LogP contribution in [0.2, 0.25) is 6.04 Å². The molecule has 0 fully saturated rings. The second kappa shape index (κ2) is 5.88. The summed E-state index contributed by atoms with van der Waals surface area (Å²) < 4.78 is 47.4. The van der Waals surface area contributed by atoms with Gasteiger partial charge in [0.05, 0.1) is 6.04 Å². The predicted molar refractivity (Wildman–Crippen MR) is 51.0 cm³/mol. The monoisotopic (exact) mass is 258 g/mol. The van der Waals surface area contributed by atoms with E-state index >= 15 is 0 Å². The van der Waals surface area contributed by atoms with Gasteiger partial charge in [0, 0.05) is 13.8 Å². The molecule has 0 saturated carbocycles. The molecule has 0 amide bonds. The average Bonchev–Trinajstić information content (AvgIpc) is 1.99. The van der Waals surface area contributed by atoms with Gasteiger partial charge in [0.1, 0.15) is 0 Å². The first kappa shape index (κ1) is 14.9. The van der Waals surface area contributed by atoms with Crippen LogP contribution < -0.4 is 0 Å². The van der Waals surface area contributed by atoms with E-state index in [-0.39, 0.29) is 0 Å². The van der Waals surface area contributed by atoms with Crippen molar-refractivity contribution < 1.29 is 31.6 Å². The van der Waals surface area contributed by atoms with Crippen LogP contribution in [-0.4, -0.2) is 33.3 Å². The quantitative estimate of drug-likeness (QED) is 0.698. The van der Waals surface area contributed by atoms with Crippen molar-refractivity contribution in [3.63, 3.8) is 0 Å². The molecule has 16 heavy (non-hydrogen) atoms. The highest BCUT2D eigenvalue weighted by molar-refractivity contribution is 6.49. The summed E-state index contributed by atoms with van der Waals surface area (Å²) in [5, 5.41) is 0. The summed E-state index contributed by atoms with van der Waals surface area (Å²) in [6.45, 7) is 2.69. The Morgan fingerprint density at radius 2 is 1.62 bits per heavy atom. The zero-order valence-electron chi connectivity index (χ0n) is 9.13. The molecule has 94 valence electrons. The second-order valence-corrected chi connectivity index (χ2v) is 4.97. The Morgan fingerprint density at radius 3 is 1.88 bits per heavy atom. The van der Waals surface area contributed by atoms with Crippen molar-refractivity contribution >= 4 is 21.2 Å². The molecule has 0 radical (unpaired) electrons. The first-order valence-corrected chi connectivity index (χ1v) is 6.27. The van der Waals surface area contributed by atoms with E-state index in [1.165, 1.54) is 0 Å². The number of hydrogen-bond acceptors (Lipinski definition) is 4. The summed E-state index contributed by atoms with van der Waals surface area (Å²) in [4.78, 5) is 21.1. The van der Waals surface area contributed by atoms with Gasteiger partial charge in [-0.25, -0.2) is 13.2 Å². The largest absolute Gasteiger partial charge is 0.487 e. The number of carbonyl (C=O) groups excluding carboxylic acids is 2. The van der Waals surface area contributed by atoms with Gasteiger partial charge in [-0.2, -0.15) is 0 Å². The molecule has 0 heterocycles. The van der Waals surface area contributed by atoms with E-state index in [9.17, 15) is 22.8 Å². The van der Waals surface area contributed by atoms with Gasteiger partial charge in [-0.05, 0) is 6.92 Å². The highest BCUT2D eigenvalue weighted by Gasteiger charge is 2.43. The summed E-state index contributed by atoms with van der Waals surface area (Å²) in [7, 11) is -3.22. The molecule has 0 aliphatic heterocycles. The molecule has 0 N–H and O–H groups in total. The molecule has 0 aliphatic carbocycles. The van der Waals surface area contributed by atoms with Gasteiger partial charge in [0.25, 0.3) is 17.9 Å². The zero-order valence-corrected chi connectivity index (χ0v) is 10.3. The molecular formula is C8H13F3O4Si. The summed E-state index contributed by atoms with van der Waals surface area (Å²) in [5.41, 5.74) is 0. The number of carbonyl (C=O) groups is 2. The summed E-state index contributed by atoms with van der Waals surface area (Å²) in [5.74, 6) is -5.33. The van der Waals surface area contributed by atoms with E-state index < -0.39 is 39.4 Å². The van der Waals surface area contributed by atoms with Crippen LogP contribution in [0.5, 0.6) is 0 Å². The number of alkyl halides is 3. The molecule has 4 nitrogen and oxygen atoms in total. The predicted octanol–water partition coefficient (Wildman–Crippen LogP) is 1.33. The summed E-state index contributed by atoms with van der Waals surface area (Å²) in [6, 6.07) is -1.07. The fourth-order valence-corrected chi connectivity index (χ4v) is 2.59. The molecule has 0 aromatic rings. The lowest BCUT2D eigenvalue weighted by Gasteiger charge is -2.21. The maximum atomic E-state index is 13.0. The van der Waals surface area contributed by atoms with Crippen LogP contribution in [0.25, 0.3) is 0 Å². The minimum atomic E-state index is -3.66. The molecule has 0 aliphatic rings. The van der Waals surface area contributed by atoms with Crippen molar-refractivity contribution in [2.24, 2.45) is 0 Å². The third kappa shape index (κ3) is 5.74. The van der Waals surface area contributed by atoms with Crippen LogP contribution in [-0.2, 0) is 18.4 Å². The summed E-state index contributed by atoms with van der Waals surface area (Å²) in [6.07, 6.45) is -2.39. The normalized spacial score (nSPS) is 13.4. The van der Waals surface area contributed by atoms with Crippen molar-refractivity contribution in [3.8, 4) is 0 Å². The van der Waals surface area contributed by atoms with E-state index in [4.69, 9.17) is 0 Å². The SMILES string of the molecule is CC(=O)O[SiH](CC(F)(F)C(C)F)OC(C)=O. The lowest BCUT2D eigenvalue weighted by atomic mass is 10.3. The van der Waals surface area contributed by atoms with Gasteiger partial charge in [0.15, 0.2) is 6.17 Å². The fraction of sp³-hybridized carbons (Fsp3) is 0.750. The Kier molecular flexibility index (Phi) is 5.49. The maximum absolute atomic E-state index is 13.0. The van der Waals surface area contributed by atoms with E-state index in [1.54, 1.807) is 0 Å². The fourth-order valence-electron chi connectivity index (χ4n) is 0.862. The topological polar surface area (TPSA) is 52.6 Å². The molecule has 0 aromatic heterocycles. The van der Waals surface area contributed by atoms with E-state index in [1.807, 2.05) is 0 Å². The van der Waals surface area contributed by atoms with Crippen molar-refractivity contribution in [2.45, 2.75) is 38.9 Å². The third-order valence-corrected chi connectivity index (χ3v) is 3.68. The van der Waals surface area contributed by atoms with Gasteiger partial charge >= 0.3 is 9.28 Å². The summed E-state index contributed by atoms with van der Waals surface area (Å²) >= 11 is 0. The Labute approximate surface area is 92.6 Å². The van der Waals surface area contributed by atoms with Crippen LogP contribution >= 0.6 is 0 Å². The molecule has 0 rings (SSSR count). The van der Waals surface area contributed by atoms with Crippen molar-refractivity contribution in [2.75, 3.05) is 0 Å². The number of rotatable bonds is 5. The van der Waals surface area contributed by atoms with Crippen LogP contribution in [0, 0.1) is 0 Å². The number of hydrogen-bond donors (Lipinski definition) is 0. The highest BCUT2D eigenvalue weighted by atomic mass is 28.3. The lowest BCUT2D eigenvalue weighted by Crippen LogP contribution is -2.38. The van der Waals surface area contributed by atoms with E-state index in [0.717, 1.165) is 13.8 Å². The Hall–Kier alpha value is -1.05. The van der Waals surface area contributed by atoms with Gasteiger partial charge in [0.2, 0.25) is 0 Å². The third-order valence-electron chi connectivity index (χ3n) is 1.62. The van der Waals surface area contributed by atoms with Gasteiger partial charge in [-0.1, -0.05) is 0 Å². The first-order chi connectivity index (χ1) is 7.15. The molecule has 0 spiro atoms. The van der Waals surface area contributed by atoms with Crippen molar-refractivity contribution in [3.05, 3.63) is 0 Å². The minimum absolute atomic E-state index is 0.687. The maximum Gasteiger partial charge on any atom is 0.454 e. The molecule has 0 saturated heterocycles. The van der Waals surface area contributed by atoms with Crippen molar-refractivity contribution in [1.29, 1.82) is 0 Å². The molecule has 1 unspecified atom stereocenters. The second-order valence-electron chi connectivity index (χ2n) is 3.23. The highest BCUT2D eigenvalue weighted by Crippen LogP contribution is 2.28. The number of halogens is 3. The molecule has 1 atom stereocenters. The van der Waals surface area contributed by atoms with Gasteiger partial charge < -0.3 is 8.85 Å². The molecule has 8 heteroatoms. The van der Waals surface area contributed by atoms with Crippen LogP contribution in [0.3, 0.4) is 0 Å². The first-order valence-electron chi connectivity index (χ1n) is 4.51. The molecular weight excluding hydrogens is 245 g/mol. The van der Waals surface area contributed by atoms with Gasteiger partial charge in [-0.3, -0.25) is 9.59 Å². The molecule has 0 bridgehead atoms. The zero-order chi connectivity index (χ0) is 12.9. The Morgan fingerprint density at radius 1 is 1.25 bits per heavy atom. The van der Waals surface area contributed by atoms with E-state index in [2.05, 4.69) is 8.85 Å². The van der Waals surface area contributed by atoms with Gasteiger partial charge in [-0.15, -0.1) is 0 Å². The van der Waals surface area contributed by atoms with Crippen LogP contribution in [0.15, 0.2) is 0 Å². The Bertz CT molecular complexity index is 254. The standard InChI is InChI=1S/C8H13F3O4Si/c1-5(9)8(10,11)4-16(14-6(2)12)15-7(3)13/h5,16H,4H2,1-3H3. The average molecular weight is 258 g/mol. The smallest absolute Gasteiger partial charge is 0.454 e. The molecule has 0 aromatic carbocycles. The van der Waals surface area contributed by atoms with Crippen molar-refractivity contribution in [1.82, 2.24) is 0 Å². The Balaban J connectivity index is 4.52. The van der Waals surface area contributed by atoms with Crippen LogP contribution in [0.4, 0.5) is 13.2 Å². The van der Waals surface area contributed by atoms with Crippen LogP contribution in [0.1, 0.15) is 20.8 Å².